The largest absolute Gasteiger partial charge is 0.573 e. The molecule has 0 saturated carbocycles. The summed E-state index contributed by atoms with van der Waals surface area (Å²) in [6.45, 7) is 5.74. The van der Waals surface area contributed by atoms with Crippen LogP contribution in [0, 0.1) is 6.92 Å². The van der Waals surface area contributed by atoms with Crippen molar-refractivity contribution < 1.29 is 27.4 Å². The molecule has 1 unspecified atom stereocenters. The van der Waals surface area contributed by atoms with E-state index in [1.807, 2.05) is 6.92 Å². The van der Waals surface area contributed by atoms with Crippen molar-refractivity contribution >= 4 is 5.91 Å². The van der Waals surface area contributed by atoms with Crippen LogP contribution < -0.4 is 14.8 Å². The molecule has 8 nitrogen and oxygen atoms in total. The molecule has 31 heavy (non-hydrogen) atoms. The number of hydrogen-bond acceptors (Lipinski definition) is 6. The first kappa shape index (κ1) is 22.1. The summed E-state index contributed by atoms with van der Waals surface area (Å²) in [7, 11) is 0. The Bertz CT molecular complexity index is 1030. The highest BCUT2D eigenvalue weighted by molar-refractivity contribution is 5.95. The van der Waals surface area contributed by atoms with Crippen molar-refractivity contribution in [3.63, 3.8) is 0 Å². The fourth-order valence-corrected chi connectivity index (χ4v) is 2.83. The maximum atomic E-state index is 12.7. The van der Waals surface area contributed by atoms with Gasteiger partial charge in [0.15, 0.2) is 5.82 Å². The van der Waals surface area contributed by atoms with Gasteiger partial charge in [0.05, 0.1) is 30.1 Å². The average molecular weight is 435 g/mol. The van der Waals surface area contributed by atoms with E-state index in [1.54, 1.807) is 26.0 Å². The van der Waals surface area contributed by atoms with E-state index in [1.165, 1.54) is 35.1 Å². The summed E-state index contributed by atoms with van der Waals surface area (Å²) in [6.07, 6.45) is -3.34. The lowest BCUT2D eigenvalue weighted by Crippen LogP contribution is -2.27. The zero-order valence-electron chi connectivity index (χ0n) is 17.0. The number of aromatic nitrogens is 4. The molecular formula is C20H20F3N5O3. The molecule has 0 spiro atoms. The van der Waals surface area contributed by atoms with E-state index >= 15 is 0 Å². The summed E-state index contributed by atoms with van der Waals surface area (Å²) in [4.78, 5) is 12.7. The highest BCUT2D eigenvalue weighted by Crippen LogP contribution is 2.24. The molecule has 0 aliphatic carbocycles. The maximum Gasteiger partial charge on any atom is 0.573 e. The standard InChI is InChI=1S/C20H20F3N5O3/c1-4-30-18-10-9-17(26-27-18)28-13(3)16(11-24-28)19(29)25-12(2)14-5-7-15(8-6-14)31-20(21,22)23/h5-12H,4H2,1-3H3,(H,25,29). The van der Waals surface area contributed by atoms with Crippen LogP contribution in [0.3, 0.4) is 0 Å². The molecule has 11 heteroatoms. The summed E-state index contributed by atoms with van der Waals surface area (Å²) in [5.41, 5.74) is 1.50. The molecule has 3 rings (SSSR count). The van der Waals surface area contributed by atoms with Gasteiger partial charge in [0.2, 0.25) is 5.88 Å². The van der Waals surface area contributed by atoms with Crippen LogP contribution in [0.15, 0.2) is 42.6 Å². The second kappa shape index (κ2) is 9.02. The van der Waals surface area contributed by atoms with Crippen molar-refractivity contribution in [2.45, 2.75) is 33.2 Å². The van der Waals surface area contributed by atoms with E-state index in [-0.39, 0.29) is 11.7 Å². The number of hydrogen-bond donors (Lipinski definition) is 1. The molecule has 0 aliphatic rings. The Morgan fingerprint density at radius 1 is 1.16 bits per heavy atom. The number of alkyl halides is 3. The fraction of sp³-hybridized carbons (Fsp3) is 0.300. The van der Waals surface area contributed by atoms with E-state index in [0.717, 1.165) is 0 Å². The molecule has 3 aromatic rings. The van der Waals surface area contributed by atoms with Gasteiger partial charge in [0.25, 0.3) is 5.91 Å². The van der Waals surface area contributed by atoms with Gasteiger partial charge in [-0.3, -0.25) is 4.79 Å². The first-order chi connectivity index (χ1) is 14.7. The molecule has 0 bridgehead atoms. The Balaban J connectivity index is 1.69. The number of benzene rings is 1. The van der Waals surface area contributed by atoms with Gasteiger partial charge in [0, 0.05) is 6.07 Å². The molecule has 1 atom stereocenters. The number of ether oxygens (including phenoxy) is 2. The second-order valence-electron chi connectivity index (χ2n) is 6.53. The number of halogens is 3. The summed E-state index contributed by atoms with van der Waals surface area (Å²) < 4.78 is 47.4. The van der Waals surface area contributed by atoms with Crippen LogP contribution in [-0.4, -0.2) is 38.9 Å². The molecule has 2 heterocycles. The van der Waals surface area contributed by atoms with Crippen molar-refractivity contribution in [2.75, 3.05) is 6.61 Å². The minimum absolute atomic E-state index is 0.330. The third kappa shape index (κ3) is 5.50. The van der Waals surface area contributed by atoms with Crippen LogP contribution >= 0.6 is 0 Å². The van der Waals surface area contributed by atoms with Gasteiger partial charge in [-0.1, -0.05) is 12.1 Å². The first-order valence-corrected chi connectivity index (χ1v) is 9.36. The normalized spacial score (nSPS) is 12.3. The summed E-state index contributed by atoms with van der Waals surface area (Å²) in [6, 6.07) is 8.17. The highest BCUT2D eigenvalue weighted by atomic mass is 19.4. The molecule has 2 aromatic heterocycles. The summed E-state index contributed by atoms with van der Waals surface area (Å²) in [5.74, 6) is 0.0944. The van der Waals surface area contributed by atoms with Crippen LogP contribution in [0.1, 0.15) is 41.5 Å². The van der Waals surface area contributed by atoms with Crippen molar-refractivity contribution in [1.82, 2.24) is 25.3 Å². The minimum atomic E-state index is -4.76. The van der Waals surface area contributed by atoms with E-state index in [4.69, 9.17) is 4.74 Å². The number of rotatable bonds is 7. The Labute approximate surface area is 176 Å². The zero-order valence-corrected chi connectivity index (χ0v) is 17.0. The molecule has 1 amide bonds. The molecule has 1 N–H and O–H groups in total. The summed E-state index contributed by atoms with van der Waals surface area (Å²) in [5, 5.41) is 15.0. The minimum Gasteiger partial charge on any atom is -0.477 e. The molecule has 1 aromatic carbocycles. The molecule has 0 saturated heterocycles. The van der Waals surface area contributed by atoms with E-state index in [2.05, 4.69) is 25.3 Å². The van der Waals surface area contributed by atoms with Gasteiger partial charge in [-0.15, -0.1) is 23.4 Å². The lowest BCUT2D eigenvalue weighted by Gasteiger charge is -2.15. The van der Waals surface area contributed by atoms with Crippen LogP contribution in [-0.2, 0) is 0 Å². The zero-order chi connectivity index (χ0) is 22.6. The van der Waals surface area contributed by atoms with Crippen LogP contribution in [0.4, 0.5) is 13.2 Å². The second-order valence-corrected chi connectivity index (χ2v) is 6.53. The monoisotopic (exact) mass is 435 g/mol. The Kier molecular flexibility index (Phi) is 6.42. The van der Waals surface area contributed by atoms with Gasteiger partial charge >= 0.3 is 6.36 Å². The topological polar surface area (TPSA) is 91.2 Å². The Morgan fingerprint density at radius 3 is 2.45 bits per heavy atom. The SMILES string of the molecule is CCOc1ccc(-n2ncc(C(=O)NC(C)c3ccc(OC(F)(F)F)cc3)c2C)nn1. The van der Waals surface area contributed by atoms with Gasteiger partial charge in [-0.2, -0.15) is 5.10 Å². The predicted molar refractivity (Wildman–Crippen MR) is 104 cm³/mol. The molecule has 0 fully saturated rings. The number of nitrogens with zero attached hydrogens (tertiary/aromatic N) is 4. The van der Waals surface area contributed by atoms with Crippen LogP contribution in [0.2, 0.25) is 0 Å². The van der Waals surface area contributed by atoms with Crippen molar-refractivity contribution in [1.29, 1.82) is 0 Å². The van der Waals surface area contributed by atoms with Gasteiger partial charge in [0.1, 0.15) is 5.75 Å². The number of nitrogens with one attached hydrogen (secondary N) is 1. The predicted octanol–water partition coefficient (Wildman–Crippen LogP) is 3.76. The number of carbonyl (C=O) groups is 1. The molecular weight excluding hydrogens is 415 g/mol. The first-order valence-electron chi connectivity index (χ1n) is 9.36. The van der Waals surface area contributed by atoms with E-state index in [0.29, 0.717) is 35.1 Å². The lowest BCUT2D eigenvalue weighted by molar-refractivity contribution is -0.274. The van der Waals surface area contributed by atoms with Gasteiger partial charge in [-0.05, 0) is 44.5 Å². The number of carbonyl (C=O) groups excluding carboxylic acids is 1. The van der Waals surface area contributed by atoms with Crippen LogP contribution in [0.25, 0.3) is 5.82 Å². The quantitative estimate of drug-likeness (QED) is 0.608. The molecule has 0 aliphatic heterocycles. The highest BCUT2D eigenvalue weighted by Gasteiger charge is 2.31. The summed E-state index contributed by atoms with van der Waals surface area (Å²) >= 11 is 0. The van der Waals surface area contributed by atoms with Crippen molar-refractivity contribution in [3.05, 3.63) is 59.4 Å². The number of amides is 1. The van der Waals surface area contributed by atoms with Crippen LogP contribution in [0.5, 0.6) is 11.6 Å². The molecule has 164 valence electrons. The Morgan fingerprint density at radius 2 is 1.87 bits per heavy atom. The smallest absolute Gasteiger partial charge is 0.477 e. The van der Waals surface area contributed by atoms with Gasteiger partial charge < -0.3 is 14.8 Å². The lowest BCUT2D eigenvalue weighted by atomic mass is 10.1. The maximum absolute atomic E-state index is 12.7. The average Bonchev–Trinajstić information content (AvgIpc) is 3.09. The third-order valence-corrected chi connectivity index (χ3v) is 4.35. The van der Waals surface area contributed by atoms with Crippen molar-refractivity contribution in [2.24, 2.45) is 0 Å². The third-order valence-electron chi connectivity index (χ3n) is 4.35. The van der Waals surface area contributed by atoms with Crippen molar-refractivity contribution in [3.8, 4) is 17.4 Å². The van der Waals surface area contributed by atoms with E-state index in [9.17, 15) is 18.0 Å². The molecule has 0 radical (unpaired) electrons. The Hall–Kier alpha value is -3.63. The fourth-order valence-electron chi connectivity index (χ4n) is 2.83. The van der Waals surface area contributed by atoms with Gasteiger partial charge in [-0.25, -0.2) is 4.68 Å². The van der Waals surface area contributed by atoms with E-state index < -0.39 is 12.4 Å².